The first-order chi connectivity index (χ1) is 7.77. The molecule has 2 radical (unpaired) electrons. The Kier molecular flexibility index (Phi) is 2.72. The summed E-state index contributed by atoms with van der Waals surface area (Å²) in [4.78, 5) is 0. The van der Waals surface area contributed by atoms with E-state index in [4.69, 9.17) is 4.74 Å². The molecular formula is C12H11F3O2. The Morgan fingerprint density at radius 2 is 2.06 bits per heavy atom. The van der Waals surface area contributed by atoms with Gasteiger partial charge in [-0.25, -0.2) is 0 Å². The average Bonchev–Trinajstić information content (AvgIpc) is 2.16. The number of benzene rings is 1. The zero-order valence-corrected chi connectivity index (χ0v) is 9.39. The number of para-hydroxylation sites is 1. The molecule has 0 unspecified atom stereocenters. The third-order valence-corrected chi connectivity index (χ3v) is 2.29. The quantitative estimate of drug-likeness (QED) is 0.751. The molecule has 1 heterocycles. The van der Waals surface area contributed by atoms with E-state index in [0.29, 0.717) is 12.0 Å². The van der Waals surface area contributed by atoms with E-state index in [2.05, 4.69) is 11.2 Å². The molecular weight excluding hydrogens is 233 g/mol. The van der Waals surface area contributed by atoms with Gasteiger partial charge in [-0.3, -0.25) is 0 Å². The summed E-state index contributed by atoms with van der Waals surface area (Å²) in [5, 5.41) is 0. The Bertz CT molecular complexity index is 424. The van der Waals surface area contributed by atoms with E-state index in [0.717, 1.165) is 0 Å². The van der Waals surface area contributed by atoms with Gasteiger partial charge in [0.25, 0.3) is 0 Å². The molecule has 0 aromatic heterocycles. The maximum absolute atomic E-state index is 12.2. The fourth-order valence-electron chi connectivity index (χ4n) is 1.59. The van der Waals surface area contributed by atoms with Crippen LogP contribution in [0.4, 0.5) is 13.2 Å². The number of hydrogen-bond donors (Lipinski definition) is 0. The van der Waals surface area contributed by atoms with Crippen molar-refractivity contribution in [3.8, 4) is 11.5 Å². The second kappa shape index (κ2) is 3.82. The highest BCUT2D eigenvalue weighted by molar-refractivity contribution is 5.51. The van der Waals surface area contributed by atoms with E-state index >= 15 is 0 Å². The van der Waals surface area contributed by atoms with Crippen molar-refractivity contribution in [3.05, 3.63) is 30.2 Å². The summed E-state index contributed by atoms with van der Waals surface area (Å²) >= 11 is 0. The molecule has 0 amide bonds. The summed E-state index contributed by atoms with van der Waals surface area (Å²) < 4.78 is 46.1. The van der Waals surface area contributed by atoms with Gasteiger partial charge in [0.15, 0.2) is 11.5 Å². The fourth-order valence-corrected chi connectivity index (χ4v) is 1.59. The Hall–Kier alpha value is -1.39. The lowest BCUT2D eigenvalue weighted by Crippen LogP contribution is -2.32. The molecule has 0 saturated heterocycles. The molecule has 0 spiro atoms. The number of hydrogen-bond acceptors (Lipinski definition) is 2. The van der Waals surface area contributed by atoms with Crippen LogP contribution in [0.5, 0.6) is 11.5 Å². The van der Waals surface area contributed by atoms with E-state index in [-0.39, 0.29) is 11.5 Å². The van der Waals surface area contributed by atoms with E-state index in [9.17, 15) is 13.2 Å². The molecule has 1 aliphatic heterocycles. The summed E-state index contributed by atoms with van der Waals surface area (Å²) in [6.45, 7) is 3.57. The Balaban J connectivity index is 2.36. The van der Waals surface area contributed by atoms with Gasteiger partial charge in [-0.2, -0.15) is 0 Å². The smallest absolute Gasteiger partial charge is 0.484 e. The maximum atomic E-state index is 12.2. The van der Waals surface area contributed by atoms with Crippen molar-refractivity contribution in [1.82, 2.24) is 0 Å². The van der Waals surface area contributed by atoms with Crippen LogP contribution in [0.1, 0.15) is 25.8 Å². The molecule has 5 heteroatoms. The van der Waals surface area contributed by atoms with Crippen LogP contribution < -0.4 is 9.47 Å². The SMILES string of the molecule is CC1(C)C[C]c2cccc(OC(F)(F)F)c2O1. The van der Waals surface area contributed by atoms with Crippen LogP contribution in [0, 0.1) is 6.42 Å². The van der Waals surface area contributed by atoms with E-state index in [1.807, 2.05) is 0 Å². The van der Waals surface area contributed by atoms with E-state index in [1.54, 1.807) is 19.9 Å². The Morgan fingerprint density at radius 1 is 1.35 bits per heavy atom. The molecule has 92 valence electrons. The van der Waals surface area contributed by atoms with Crippen molar-refractivity contribution < 1.29 is 22.6 Å². The van der Waals surface area contributed by atoms with Crippen LogP contribution in [-0.4, -0.2) is 12.0 Å². The summed E-state index contributed by atoms with van der Waals surface area (Å²) in [7, 11) is 0. The summed E-state index contributed by atoms with van der Waals surface area (Å²) in [5.74, 6) is -0.226. The zero-order valence-electron chi connectivity index (χ0n) is 9.39. The summed E-state index contributed by atoms with van der Waals surface area (Å²) in [6.07, 6.45) is -1.19. The molecule has 1 aliphatic rings. The minimum absolute atomic E-state index is 0.0982. The predicted molar refractivity (Wildman–Crippen MR) is 54.8 cm³/mol. The van der Waals surface area contributed by atoms with Crippen LogP contribution >= 0.6 is 0 Å². The van der Waals surface area contributed by atoms with Gasteiger partial charge in [-0.1, -0.05) is 12.1 Å². The Labute approximate surface area is 97.3 Å². The molecule has 0 atom stereocenters. The number of rotatable bonds is 1. The first-order valence-corrected chi connectivity index (χ1v) is 5.08. The normalized spacial score (nSPS) is 18.2. The van der Waals surface area contributed by atoms with Crippen molar-refractivity contribution in [2.45, 2.75) is 32.2 Å². The monoisotopic (exact) mass is 244 g/mol. The highest BCUT2D eigenvalue weighted by Crippen LogP contribution is 2.42. The molecule has 0 N–H and O–H groups in total. The first-order valence-electron chi connectivity index (χ1n) is 5.08. The van der Waals surface area contributed by atoms with Crippen LogP contribution in [0.2, 0.25) is 0 Å². The number of halogens is 3. The Morgan fingerprint density at radius 3 is 2.71 bits per heavy atom. The molecule has 0 aliphatic carbocycles. The van der Waals surface area contributed by atoms with Crippen LogP contribution in [0.3, 0.4) is 0 Å². The lowest BCUT2D eigenvalue weighted by molar-refractivity contribution is -0.275. The van der Waals surface area contributed by atoms with E-state index in [1.165, 1.54) is 12.1 Å². The third kappa shape index (κ3) is 2.84. The summed E-state index contributed by atoms with van der Waals surface area (Å²) in [5.41, 5.74) is -0.0657. The minimum Gasteiger partial charge on any atom is -0.484 e. The van der Waals surface area contributed by atoms with Gasteiger partial charge >= 0.3 is 6.36 Å². The topological polar surface area (TPSA) is 18.5 Å². The van der Waals surface area contributed by atoms with Gasteiger partial charge in [0.1, 0.15) is 5.60 Å². The first kappa shape index (κ1) is 12.1. The van der Waals surface area contributed by atoms with Crippen molar-refractivity contribution in [3.63, 3.8) is 0 Å². The van der Waals surface area contributed by atoms with Crippen LogP contribution in [0.15, 0.2) is 18.2 Å². The minimum atomic E-state index is -4.72. The number of ether oxygens (including phenoxy) is 2. The van der Waals surface area contributed by atoms with Gasteiger partial charge in [0.2, 0.25) is 0 Å². The lowest BCUT2D eigenvalue weighted by atomic mass is 9.94. The van der Waals surface area contributed by atoms with Gasteiger partial charge in [0.05, 0.1) is 0 Å². The van der Waals surface area contributed by atoms with Crippen molar-refractivity contribution in [2.75, 3.05) is 0 Å². The largest absolute Gasteiger partial charge is 0.573 e. The predicted octanol–water partition coefficient (Wildman–Crippen LogP) is 3.58. The van der Waals surface area contributed by atoms with Gasteiger partial charge < -0.3 is 9.47 Å². The molecule has 1 aromatic rings. The highest BCUT2D eigenvalue weighted by Gasteiger charge is 2.35. The summed E-state index contributed by atoms with van der Waals surface area (Å²) in [6, 6.07) is 4.36. The van der Waals surface area contributed by atoms with Gasteiger partial charge in [-0.15, -0.1) is 13.2 Å². The number of alkyl halides is 3. The molecule has 1 aromatic carbocycles. The molecule has 0 fully saturated rings. The molecule has 2 nitrogen and oxygen atoms in total. The average molecular weight is 244 g/mol. The van der Waals surface area contributed by atoms with E-state index < -0.39 is 12.0 Å². The molecule has 0 saturated carbocycles. The van der Waals surface area contributed by atoms with Crippen LogP contribution in [-0.2, 0) is 0 Å². The molecule has 17 heavy (non-hydrogen) atoms. The second-order valence-electron chi connectivity index (χ2n) is 4.40. The van der Waals surface area contributed by atoms with Crippen molar-refractivity contribution in [2.24, 2.45) is 0 Å². The lowest BCUT2D eigenvalue weighted by Gasteiger charge is -2.33. The second-order valence-corrected chi connectivity index (χ2v) is 4.40. The fraction of sp³-hybridized carbons (Fsp3) is 0.417. The van der Waals surface area contributed by atoms with Crippen molar-refractivity contribution >= 4 is 0 Å². The van der Waals surface area contributed by atoms with Crippen molar-refractivity contribution in [1.29, 1.82) is 0 Å². The third-order valence-electron chi connectivity index (χ3n) is 2.29. The zero-order chi connectivity index (χ0) is 12.7. The van der Waals surface area contributed by atoms with Gasteiger partial charge in [-0.05, 0) is 26.3 Å². The maximum Gasteiger partial charge on any atom is 0.573 e. The number of fused-ring (bicyclic) bond motifs is 1. The molecule has 0 bridgehead atoms. The van der Waals surface area contributed by atoms with Gasteiger partial charge in [0, 0.05) is 12.0 Å². The standard InChI is InChI=1S/C12H11F3O2/c1-11(2)7-6-8-4-3-5-9(10(8)17-11)16-12(13,14)15/h3-5H,7H2,1-2H3. The molecule has 2 rings (SSSR count). The van der Waals surface area contributed by atoms with Crippen LogP contribution in [0.25, 0.3) is 0 Å². The highest BCUT2D eigenvalue weighted by atomic mass is 19.4.